The van der Waals surface area contributed by atoms with Crippen LogP contribution in [0.5, 0.6) is 0 Å². The number of nitrogens with two attached hydrogens (primary N) is 1. The molecule has 11 heavy (non-hydrogen) atoms. The smallest absolute Gasteiger partial charge is 0.102 e. The van der Waals surface area contributed by atoms with Gasteiger partial charge in [0, 0.05) is 24.5 Å². The van der Waals surface area contributed by atoms with Crippen LogP contribution in [0.25, 0.3) is 0 Å². The summed E-state index contributed by atoms with van der Waals surface area (Å²) in [5.74, 6) is 5.10. The number of hydrogen-bond donors (Lipinski definition) is 4. The van der Waals surface area contributed by atoms with E-state index in [0.717, 1.165) is 5.56 Å². The highest BCUT2D eigenvalue weighted by molar-refractivity contribution is 5.17. The molecule has 62 valence electrons. The molecule has 5 N–H and O–H groups in total. The van der Waals surface area contributed by atoms with Gasteiger partial charge in [-0.05, 0) is 13.0 Å². The highest BCUT2D eigenvalue weighted by Gasteiger charge is 2.21. The lowest BCUT2D eigenvalue weighted by atomic mass is 10.00. The topological polar surface area (TPSA) is 74.1 Å². The molecule has 0 aromatic carbocycles. The fraction of sp³-hybridized carbons (Fsp3) is 0.429. The summed E-state index contributed by atoms with van der Waals surface area (Å²) in [5.41, 5.74) is 2.37. The van der Waals surface area contributed by atoms with Gasteiger partial charge < -0.3 is 10.1 Å². The number of rotatable bonds is 3. The molecule has 4 heteroatoms. The molecule has 0 bridgehead atoms. The molecular weight excluding hydrogens is 142 g/mol. The van der Waals surface area contributed by atoms with Gasteiger partial charge in [-0.15, -0.1) is 0 Å². The van der Waals surface area contributed by atoms with Gasteiger partial charge in [0.2, 0.25) is 0 Å². The molecule has 1 aromatic heterocycles. The van der Waals surface area contributed by atoms with Crippen LogP contribution in [0.4, 0.5) is 0 Å². The second-order valence-corrected chi connectivity index (χ2v) is 2.75. The first kappa shape index (κ1) is 8.26. The molecule has 0 aliphatic heterocycles. The molecular formula is C7H13N3O. The summed E-state index contributed by atoms with van der Waals surface area (Å²) in [6.07, 6.45) is 3.51. The minimum atomic E-state index is -0.894. The molecule has 1 rings (SSSR count). The Labute approximate surface area is 65.4 Å². The molecule has 1 unspecified atom stereocenters. The third-order valence-corrected chi connectivity index (χ3v) is 1.67. The molecule has 0 saturated heterocycles. The highest BCUT2D eigenvalue weighted by atomic mass is 16.3. The Morgan fingerprint density at radius 3 is 3.00 bits per heavy atom. The molecule has 0 aliphatic rings. The predicted molar refractivity (Wildman–Crippen MR) is 42.6 cm³/mol. The van der Waals surface area contributed by atoms with Crippen molar-refractivity contribution in [1.82, 2.24) is 10.4 Å². The van der Waals surface area contributed by atoms with Crippen LogP contribution in [0.1, 0.15) is 12.5 Å². The van der Waals surface area contributed by atoms with Crippen molar-refractivity contribution in [1.29, 1.82) is 0 Å². The summed E-state index contributed by atoms with van der Waals surface area (Å²) in [6, 6.07) is 1.82. The zero-order chi connectivity index (χ0) is 8.32. The largest absolute Gasteiger partial charge is 0.384 e. The third kappa shape index (κ3) is 1.80. The quantitative estimate of drug-likeness (QED) is 0.357. The Hall–Kier alpha value is -0.840. The van der Waals surface area contributed by atoms with Crippen molar-refractivity contribution in [2.75, 3.05) is 6.54 Å². The van der Waals surface area contributed by atoms with Crippen LogP contribution in [-0.4, -0.2) is 16.6 Å². The summed E-state index contributed by atoms with van der Waals surface area (Å²) in [7, 11) is 0. The van der Waals surface area contributed by atoms with Crippen molar-refractivity contribution in [3.63, 3.8) is 0 Å². The molecule has 1 aromatic rings. The summed E-state index contributed by atoms with van der Waals surface area (Å²) in [5, 5.41) is 9.71. The monoisotopic (exact) mass is 155 g/mol. The first-order chi connectivity index (χ1) is 5.17. The summed E-state index contributed by atoms with van der Waals surface area (Å²) in [6.45, 7) is 2.04. The van der Waals surface area contributed by atoms with Gasteiger partial charge >= 0.3 is 0 Å². The number of aromatic amines is 1. The van der Waals surface area contributed by atoms with Gasteiger partial charge in [-0.3, -0.25) is 11.3 Å². The lowest BCUT2D eigenvalue weighted by Crippen LogP contribution is -2.38. The van der Waals surface area contributed by atoms with Crippen LogP contribution in [0, 0.1) is 0 Å². The Balaban J connectivity index is 2.73. The maximum Gasteiger partial charge on any atom is 0.102 e. The van der Waals surface area contributed by atoms with E-state index in [4.69, 9.17) is 5.84 Å². The second kappa shape index (κ2) is 3.04. The molecule has 1 heterocycles. The maximum atomic E-state index is 9.71. The lowest BCUT2D eigenvalue weighted by molar-refractivity contribution is 0.0574. The van der Waals surface area contributed by atoms with E-state index in [9.17, 15) is 5.11 Å². The van der Waals surface area contributed by atoms with Crippen LogP contribution >= 0.6 is 0 Å². The molecule has 0 amide bonds. The van der Waals surface area contributed by atoms with Gasteiger partial charge in [0.15, 0.2) is 0 Å². The van der Waals surface area contributed by atoms with Crippen molar-refractivity contribution >= 4 is 0 Å². The minimum Gasteiger partial charge on any atom is -0.384 e. The van der Waals surface area contributed by atoms with Gasteiger partial charge in [-0.1, -0.05) is 0 Å². The van der Waals surface area contributed by atoms with Gasteiger partial charge in [0.05, 0.1) is 0 Å². The molecule has 0 radical (unpaired) electrons. The van der Waals surface area contributed by atoms with Crippen molar-refractivity contribution in [3.8, 4) is 0 Å². The molecule has 0 saturated carbocycles. The first-order valence-corrected chi connectivity index (χ1v) is 3.46. The standard InChI is InChI=1S/C7H13N3O/c1-7(11,5-10-8)6-2-3-9-4-6/h2-4,9-11H,5,8H2,1H3. The van der Waals surface area contributed by atoms with Gasteiger partial charge in [-0.2, -0.15) is 0 Å². The molecule has 4 nitrogen and oxygen atoms in total. The van der Waals surface area contributed by atoms with Gasteiger partial charge in [0.1, 0.15) is 5.60 Å². The van der Waals surface area contributed by atoms with E-state index >= 15 is 0 Å². The molecule has 1 atom stereocenters. The van der Waals surface area contributed by atoms with E-state index in [1.54, 1.807) is 19.3 Å². The van der Waals surface area contributed by atoms with E-state index in [-0.39, 0.29) is 0 Å². The van der Waals surface area contributed by atoms with Crippen molar-refractivity contribution in [3.05, 3.63) is 24.0 Å². The summed E-state index contributed by atoms with van der Waals surface area (Å²) < 4.78 is 0. The van der Waals surface area contributed by atoms with Crippen LogP contribution < -0.4 is 11.3 Å². The molecule has 0 spiro atoms. The predicted octanol–water partition coefficient (Wildman–Crippen LogP) is -0.315. The molecule has 0 fully saturated rings. The third-order valence-electron chi connectivity index (χ3n) is 1.67. The van der Waals surface area contributed by atoms with E-state index in [2.05, 4.69) is 10.4 Å². The fourth-order valence-electron chi connectivity index (χ4n) is 0.960. The van der Waals surface area contributed by atoms with E-state index < -0.39 is 5.60 Å². The van der Waals surface area contributed by atoms with E-state index in [0.29, 0.717) is 6.54 Å². The first-order valence-electron chi connectivity index (χ1n) is 3.46. The van der Waals surface area contributed by atoms with Gasteiger partial charge in [-0.25, -0.2) is 0 Å². The van der Waals surface area contributed by atoms with Crippen LogP contribution in [0.2, 0.25) is 0 Å². The lowest BCUT2D eigenvalue weighted by Gasteiger charge is -2.21. The Kier molecular flexibility index (Phi) is 2.28. The number of aromatic nitrogens is 1. The zero-order valence-corrected chi connectivity index (χ0v) is 6.46. The average molecular weight is 155 g/mol. The normalized spacial score (nSPS) is 16.3. The van der Waals surface area contributed by atoms with Crippen molar-refractivity contribution < 1.29 is 5.11 Å². The van der Waals surface area contributed by atoms with Crippen LogP contribution in [-0.2, 0) is 5.60 Å². The Morgan fingerprint density at radius 2 is 2.55 bits per heavy atom. The number of hydrazine groups is 1. The van der Waals surface area contributed by atoms with Crippen molar-refractivity contribution in [2.45, 2.75) is 12.5 Å². The SMILES string of the molecule is CC(O)(CNN)c1cc[nH]c1. The van der Waals surface area contributed by atoms with Crippen LogP contribution in [0.3, 0.4) is 0 Å². The van der Waals surface area contributed by atoms with Crippen molar-refractivity contribution in [2.24, 2.45) is 5.84 Å². The zero-order valence-electron chi connectivity index (χ0n) is 6.46. The maximum absolute atomic E-state index is 9.71. The Morgan fingerprint density at radius 1 is 1.82 bits per heavy atom. The Bertz CT molecular complexity index is 205. The van der Waals surface area contributed by atoms with Gasteiger partial charge in [0.25, 0.3) is 0 Å². The number of H-pyrrole nitrogens is 1. The molecule has 0 aliphatic carbocycles. The highest BCUT2D eigenvalue weighted by Crippen LogP contribution is 2.17. The summed E-state index contributed by atoms with van der Waals surface area (Å²) in [4.78, 5) is 2.87. The van der Waals surface area contributed by atoms with E-state index in [1.165, 1.54) is 0 Å². The average Bonchev–Trinajstić information content (AvgIpc) is 2.37. The minimum absolute atomic E-state index is 0.338. The van der Waals surface area contributed by atoms with E-state index in [1.807, 2.05) is 6.07 Å². The second-order valence-electron chi connectivity index (χ2n) is 2.75. The number of nitrogens with one attached hydrogen (secondary N) is 2. The number of aliphatic hydroxyl groups is 1. The van der Waals surface area contributed by atoms with Crippen LogP contribution in [0.15, 0.2) is 18.5 Å². The number of hydrogen-bond acceptors (Lipinski definition) is 3. The fourth-order valence-corrected chi connectivity index (χ4v) is 0.960. The summed E-state index contributed by atoms with van der Waals surface area (Å²) >= 11 is 0.